The van der Waals surface area contributed by atoms with E-state index in [1.165, 1.54) is 6.92 Å². The Labute approximate surface area is 99.7 Å². The summed E-state index contributed by atoms with van der Waals surface area (Å²) in [5.41, 5.74) is 0.605. The van der Waals surface area contributed by atoms with Gasteiger partial charge in [0, 0.05) is 5.69 Å². The number of benzene rings is 1. The summed E-state index contributed by atoms with van der Waals surface area (Å²) in [5.74, 6) is -0.560. The molecule has 1 atom stereocenters. The smallest absolute Gasteiger partial charge is 0.412 e. The molecule has 1 rings (SSSR count). The van der Waals surface area contributed by atoms with Crippen LogP contribution in [-0.2, 0) is 14.3 Å². The maximum atomic E-state index is 11.4. The van der Waals surface area contributed by atoms with Crippen molar-refractivity contribution in [2.24, 2.45) is 0 Å². The van der Waals surface area contributed by atoms with Crippen LogP contribution in [-0.4, -0.2) is 24.8 Å². The predicted octanol–water partition coefficient (Wildman–Crippen LogP) is 2.19. The molecule has 0 aliphatic heterocycles. The normalized spacial score (nSPS) is 11.4. The number of carbonyl (C=O) groups is 2. The molecule has 0 saturated carbocycles. The molecule has 0 fully saturated rings. The molecule has 17 heavy (non-hydrogen) atoms. The minimum Gasteiger partial charge on any atom is -0.463 e. The van der Waals surface area contributed by atoms with Crippen LogP contribution < -0.4 is 5.32 Å². The number of carbonyl (C=O) groups excluding carboxylic acids is 2. The maximum Gasteiger partial charge on any atom is 0.412 e. The van der Waals surface area contributed by atoms with Crippen molar-refractivity contribution in [2.75, 3.05) is 11.9 Å². The molecule has 1 N–H and O–H groups in total. The van der Waals surface area contributed by atoms with E-state index in [2.05, 4.69) is 5.32 Å². The van der Waals surface area contributed by atoms with Crippen molar-refractivity contribution < 1.29 is 19.1 Å². The molecule has 5 heteroatoms. The minimum atomic E-state index is -0.918. The largest absolute Gasteiger partial charge is 0.463 e. The first-order valence-corrected chi connectivity index (χ1v) is 5.32. The molecule has 0 aliphatic carbocycles. The van der Waals surface area contributed by atoms with Gasteiger partial charge in [-0.15, -0.1) is 0 Å². The molecule has 5 nitrogen and oxygen atoms in total. The second kappa shape index (κ2) is 6.52. The molecular formula is C12H15NO4. The van der Waals surface area contributed by atoms with Crippen LogP contribution in [0.1, 0.15) is 13.8 Å². The first-order valence-electron chi connectivity index (χ1n) is 5.32. The standard InChI is InChI=1S/C12H15NO4/c1-3-16-11(14)9(2)17-12(15)13-10-7-5-4-6-8-10/h4-9H,3H2,1-2H3,(H,13,15)/t9-/m0/s1. The average Bonchev–Trinajstić information content (AvgIpc) is 2.30. The van der Waals surface area contributed by atoms with E-state index in [1.807, 2.05) is 6.07 Å². The molecule has 0 bridgehead atoms. The van der Waals surface area contributed by atoms with Gasteiger partial charge >= 0.3 is 12.1 Å². The lowest BCUT2D eigenvalue weighted by Gasteiger charge is -2.12. The average molecular weight is 237 g/mol. The van der Waals surface area contributed by atoms with Gasteiger partial charge in [-0.1, -0.05) is 18.2 Å². The van der Waals surface area contributed by atoms with Crippen LogP contribution >= 0.6 is 0 Å². The lowest BCUT2D eigenvalue weighted by Crippen LogP contribution is -2.28. The van der Waals surface area contributed by atoms with Crippen molar-refractivity contribution in [3.63, 3.8) is 0 Å². The zero-order chi connectivity index (χ0) is 12.7. The molecule has 0 heterocycles. The predicted molar refractivity (Wildman–Crippen MR) is 62.6 cm³/mol. The number of nitrogens with one attached hydrogen (secondary N) is 1. The summed E-state index contributed by atoms with van der Waals surface area (Å²) in [4.78, 5) is 22.6. The van der Waals surface area contributed by atoms with Gasteiger partial charge in [0.15, 0.2) is 6.10 Å². The molecule has 0 radical (unpaired) electrons. The van der Waals surface area contributed by atoms with Crippen LogP contribution in [0.3, 0.4) is 0 Å². The van der Waals surface area contributed by atoms with Crippen molar-refractivity contribution in [3.05, 3.63) is 30.3 Å². The lowest BCUT2D eigenvalue weighted by atomic mass is 10.3. The Morgan fingerprint density at radius 3 is 2.53 bits per heavy atom. The van der Waals surface area contributed by atoms with E-state index in [0.717, 1.165) is 0 Å². The van der Waals surface area contributed by atoms with Crippen molar-refractivity contribution in [3.8, 4) is 0 Å². The zero-order valence-corrected chi connectivity index (χ0v) is 9.80. The van der Waals surface area contributed by atoms with Crippen LogP contribution in [0.5, 0.6) is 0 Å². The minimum absolute atomic E-state index is 0.257. The fraction of sp³-hybridized carbons (Fsp3) is 0.333. The molecule has 1 aromatic rings. The second-order valence-corrected chi connectivity index (χ2v) is 3.29. The Morgan fingerprint density at radius 2 is 1.94 bits per heavy atom. The first kappa shape index (κ1) is 13.0. The third kappa shape index (κ3) is 4.55. The topological polar surface area (TPSA) is 64.6 Å². The van der Waals surface area contributed by atoms with Crippen molar-refractivity contribution in [1.82, 2.24) is 0 Å². The quantitative estimate of drug-likeness (QED) is 0.815. The molecule has 1 amide bonds. The molecule has 0 unspecified atom stereocenters. The van der Waals surface area contributed by atoms with E-state index < -0.39 is 18.2 Å². The summed E-state index contributed by atoms with van der Waals surface area (Å²) >= 11 is 0. The summed E-state index contributed by atoms with van der Waals surface area (Å²) in [6.07, 6.45) is -1.60. The van der Waals surface area contributed by atoms with Gasteiger partial charge in [0.1, 0.15) is 0 Å². The fourth-order valence-corrected chi connectivity index (χ4v) is 1.14. The summed E-state index contributed by atoms with van der Waals surface area (Å²) in [6, 6.07) is 8.83. The fourth-order valence-electron chi connectivity index (χ4n) is 1.14. The number of esters is 1. The van der Waals surface area contributed by atoms with E-state index in [1.54, 1.807) is 31.2 Å². The number of ether oxygens (including phenoxy) is 2. The first-order chi connectivity index (χ1) is 8.13. The molecule has 0 aromatic heterocycles. The highest BCUT2D eigenvalue weighted by Gasteiger charge is 2.18. The Kier molecular flexibility index (Phi) is 5.00. The van der Waals surface area contributed by atoms with Crippen molar-refractivity contribution >= 4 is 17.7 Å². The van der Waals surface area contributed by atoms with Crippen molar-refractivity contribution in [1.29, 1.82) is 0 Å². The number of para-hydroxylation sites is 1. The molecule has 0 saturated heterocycles. The highest BCUT2D eigenvalue weighted by molar-refractivity contribution is 5.87. The summed E-state index contributed by atoms with van der Waals surface area (Å²) in [5, 5.41) is 2.50. The van der Waals surface area contributed by atoms with Gasteiger partial charge in [0.05, 0.1) is 6.61 Å². The van der Waals surface area contributed by atoms with Gasteiger partial charge in [0.2, 0.25) is 0 Å². The van der Waals surface area contributed by atoms with E-state index >= 15 is 0 Å². The molecule has 0 aliphatic rings. The van der Waals surface area contributed by atoms with Gasteiger partial charge < -0.3 is 9.47 Å². The highest BCUT2D eigenvalue weighted by atomic mass is 16.6. The Balaban J connectivity index is 2.42. The number of anilines is 1. The second-order valence-electron chi connectivity index (χ2n) is 3.29. The third-order valence-electron chi connectivity index (χ3n) is 1.92. The van der Waals surface area contributed by atoms with Crippen LogP contribution in [0, 0.1) is 0 Å². The van der Waals surface area contributed by atoms with Crippen LogP contribution in [0.4, 0.5) is 10.5 Å². The van der Waals surface area contributed by atoms with Crippen molar-refractivity contribution in [2.45, 2.75) is 20.0 Å². The summed E-state index contributed by atoms with van der Waals surface area (Å²) in [7, 11) is 0. The van der Waals surface area contributed by atoms with Gasteiger partial charge in [-0.2, -0.15) is 0 Å². The Bertz CT molecular complexity index is 377. The number of amides is 1. The molecular weight excluding hydrogens is 222 g/mol. The van der Waals surface area contributed by atoms with E-state index in [-0.39, 0.29) is 6.61 Å². The molecule has 1 aromatic carbocycles. The van der Waals surface area contributed by atoms with Crippen LogP contribution in [0.2, 0.25) is 0 Å². The Hall–Kier alpha value is -2.04. The number of rotatable bonds is 4. The summed E-state index contributed by atoms with van der Waals surface area (Å²) < 4.78 is 9.55. The third-order valence-corrected chi connectivity index (χ3v) is 1.92. The Morgan fingerprint density at radius 1 is 1.29 bits per heavy atom. The van der Waals surface area contributed by atoms with E-state index in [4.69, 9.17) is 9.47 Å². The lowest BCUT2D eigenvalue weighted by molar-refractivity contribution is -0.151. The number of hydrogen-bond acceptors (Lipinski definition) is 4. The number of hydrogen-bond donors (Lipinski definition) is 1. The van der Waals surface area contributed by atoms with Crippen LogP contribution in [0.25, 0.3) is 0 Å². The van der Waals surface area contributed by atoms with E-state index in [0.29, 0.717) is 5.69 Å². The highest BCUT2D eigenvalue weighted by Crippen LogP contribution is 2.06. The van der Waals surface area contributed by atoms with Gasteiger partial charge in [-0.25, -0.2) is 9.59 Å². The van der Waals surface area contributed by atoms with E-state index in [9.17, 15) is 9.59 Å². The van der Waals surface area contributed by atoms with Gasteiger partial charge in [0.25, 0.3) is 0 Å². The molecule has 0 spiro atoms. The van der Waals surface area contributed by atoms with Gasteiger partial charge in [-0.3, -0.25) is 5.32 Å². The maximum absolute atomic E-state index is 11.4. The van der Waals surface area contributed by atoms with Gasteiger partial charge in [-0.05, 0) is 26.0 Å². The molecule has 92 valence electrons. The monoisotopic (exact) mass is 237 g/mol. The van der Waals surface area contributed by atoms with Crippen LogP contribution in [0.15, 0.2) is 30.3 Å². The SMILES string of the molecule is CCOC(=O)[C@H](C)OC(=O)Nc1ccccc1. The summed E-state index contributed by atoms with van der Waals surface area (Å²) in [6.45, 7) is 3.41. The zero-order valence-electron chi connectivity index (χ0n) is 9.80.